The minimum atomic E-state index is -0.393. The first-order chi connectivity index (χ1) is 8.86. The van der Waals surface area contributed by atoms with E-state index in [0.717, 1.165) is 5.56 Å². The molecule has 0 aromatic heterocycles. The van der Waals surface area contributed by atoms with E-state index in [4.69, 9.17) is 5.84 Å². The third kappa shape index (κ3) is 3.90. The van der Waals surface area contributed by atoms with Crippen LogP contribution in [0.2, 0.25) is 0 Å². The van der Waals surface area contributed by atoms with E-state index in [0.29, 0.717) is 24.2 Å². The number of nitrogens with zero attached hydrogens (tertiary/aromatic N) is 2. The summed E-state index contributed by atoms with van der Waals surface area (Å²) < 4.78 is 0. The minimum absolute atomic E-state index is 0.0830. The second-order valence-corrected chi connectivity index (χ2v) is 5.14. The number of hydrazine groups is 1. The highest BCUT2D eigenvalue weighted by molar-refractivity contribution is 5.55. The molecule has 0 amide bonds. The predicted molar refractivity (Wildman–Crippen MR) is 76.7 cm³/mol. The first-order valence-corrected chi connectivity index (χ1v) is 6.31. The average Bonchev–Trinajstić information content (AvgIpc) is 2.37. The molecule has 6 heteroatoms. The van der Waals surface area contributed by atoms with Crippen molar-refractivity contribution in [3.8, 4) is 0 Å². The summed E-state index contributed by atoms with van der Waals surface area (Å²) in [6.45, 7) is 7.05. The number of nitro groups is 1. The van der Waals surface area contributed by atoms with E-state index in [1.807, 2.05) is 7.05 Å². The Kier molecular flexibility index (Phi) is 5.26. The van der Waals surface area contributed by atoms with Gasteiger partial charge in [-0.3, -0.25) is 20.9 Å². The standard InChI is InChI=1S/C13H22N4O2/c1-9(2)10(3)16(4)8-11-7-12(17(18)19)5-6-13(11)15-14/h5-7,9-10,15H,8,14H2,1-4H3. The molecule has 19 heavy (non-hydrogen) atoms. The monoisotopic (exact) mass is 266 g/mol. The van der Waals surface area contributed by atoms with Crippen molar-refractivity contribution in [1.82, 2.24) is 4.90 Å². The number of rotatable bonds is 6. The summed E-state index contributed by atoms with van der Waals surface area (Å²) in [4.78, 5) is 12.6. The van der Waals surface area contributed by atoms with Gasteiger partial charge in [-0.05, 0) is 31.5 Å². The van der Waals surface area contributed by atoms with Crippen LogP contribution in [0.5, 0.6) is 0 Å². The number of nitrogens with one attached hydrogen (secondary N) is 1. The van der Waals surface area contributed by atoms with Crippen LogP contribution >= 0.6 is 0 Å². The molecular weight excluding hydrogens is 244 g/mol. The molecule has 0 radical (unpaired) electrons. The summed E-state index contributed by atoms with van der Waals surface area (Å²) in [5.41, 5.74) is 4.21. The Morgan fingerprint density at radius 1 is 1.42 bits per heavy atom. The molecule has 0 spiro atoms. The summed E-state index contributed by atoms with van der Waals surface area (Å²) >= 11 is 0. The zero-order chi connectivity index (χ0) is 14.6. The number of non-ortho nitro benzene ring substituents is 1. The summed E-state index contributed by atoms with van der Waals surface area (Å²) in [6, 6.07) is 5.04. The number of anilines is 1. The van der Waals surface area contributed by atoms with Crippen molar-refractivity contribution in [3.63, 3.8) is 0 Å². The lowest BCUT2D eigenvalue weighted by Crippen LogP contribution is -2.33. The van der Waals surface area contributed by atoms with Crippen molar-refractivity contribution in [1.29, 1.82) is 0 Å². The maximum Gasteiger partial charge on any atom is 0.269 e. The summed E-state index contributed by atoms with van der Waals surface area (Å²) in [6.07, 6.45) is 0. The van der Waals surface area contributed by atoms with Crippen molar-refractivity contribution >= 4 is 11.4 Å². The summed E-state index contributed by atoms with van der Waals surface area (Å²) in [7, 11) is 2.00. The van der Waals surface area contributed by atoms with Gasteiger partial charge in [0, 0.05) is 24.7 Å². The van der Waals surface area contributed by atoms with Crippen LogP contribution in [-0.2, 0) is 6.54 Å². The molecule has 0 aliphatic carbocycles. The quantitative estimate of drug-likeness (QED) is 0.469. The molecule has 0 fully saturated rings. The minimum Gasteiger partial charge on any atom is -0.324 e. The molecule has 3 N–H and O–H groups in total. The van der Waals surface area contributed by atoms with Crippen LogP contribution in [0.15, 0.2) is 18.2 Å². The molecule has 1 aromatic carbocycles. The van der Waals surface area contributed by atoms with Gasteiger partial charge in [-0.15, -0.1) is 0 Å². The van der Waals surface area contributed by atoms with E-state index in [1.54, 1.807) is 12.1 Å². The predicted octanol–water partition coefficient (Wildman–Crippen LogP) is 2.36. The van der Waals surface area contributed by atoms with Gasteiger partial charge in [0.05, 0.1) is 10.6 Å². The van der Waals surface area contributed by atoms with Gasteiger partial charge in [0.15, 0.2) is 0 Å². The topological polar surface area (TPSA) is 84.4 Å². The van der Waals surface area contributed by atoms with E-state index in [-0.39, 0.29) is 5.69 Å². The smallest absolute Gasteiger partial charge is 0.269 e. The molecule has 0 saturated heterocycles. The molecule has 0 aliphatic rings. The van der Waals surface area contributed by atoms with Crippen LogP contribution in [0, 0.1) is 16.0 Å². The normalized spacial score (nSPS) is 12.8. The van der Waals surface area contributed by atoms with Crippen molar-refractivity contribution in [2.45, 2.75) is 33.4 Å². The van der Waals surface area contributed by atoms with Gasteiger partial charge in [-0.1, -0.05) is 13.8 Å². The lowest BCUT2D eigenvalue weighted by molar-refractivity contribution is -0.384. The number of hydrogen-bond donors (Lipinski definition) is 2. The van der Waals surface area contributed by atoms with E-state index in [2.05, 4.69) is 31.1 Å². The maximum absolute atomic E-state index is 10.8. The van der Waals surface area contributed by atoms with Crippen molar-refractivity contribution in [2.75, 3.05) is 12.5 Å². The average molecular weight is 266 g/mol. The fraction of sp³-hybridized carbons (Fsp3) is 0.538. The van der Waals surface area contributed by atoms with Gasteiger partial charge in [-0.2, -0.15) is 0 Å². The first-order valence-electron chi connectivity index (χ1n) is 6.31. The van der Waals surface area contributed by atoms with Crippen molar-refractivity contribution in [2.24, 2.45) is 11.8 Å². The maximum atomic E-state index is 10.8. The zero-order valence-electron chi connectivity index (χ0n) is 11.9. The first kappa shape index (κ1) is 15.4. The lowest BCUT2D eigenvalue weighted by Gasteiger charge is -2.28. The fourth-order valence-corrected chi connectivity index (χ4v) is 1.89. The number of nitrogens with two attached hydrogens (primary N) is 1. The Hall–Kier alpha value is -1.66. The summed E-state index contributed by atoms with van der Waals surface area (Å²) in [5, 5.41) is 10.8. The third-order valence-electron chi connectivity index (χ3n) is 3.53. The van der Waals surface area contributed by atoms with Crippen LogP contribution in [0.3, 0.4) is 0 Å². The van der Waals surface area contributed by atoms with Crippen molar-refractivity contribution in [3.05, 3.63) is 33.9 Å². The van der Waals surface area contributed by atoms with Gasteiger partial charge in [0.1, 0.15) is 0 Å². The van der Waals surface area contributed by atoms with Crippen LogP contribution < -0.4 is 11.3 Å². The number of nitro benzene ring substituents is 1. The largest absolute Gasteiger partial charge is 0.324 e. The molecule has 0 aliphatic heterocycles. The molecule has 106 valence electrons. The molecular formula is C13H22N4O2. The van der Waals surface area contributed by atoms with Gasteiger partial charge in [-0.25, -0.2) is 0 Å². The molecule has 1 unspecified atom stereocenters. The highest BCUT2D eigenvalue weighted by Gasteiger charge is 2.16. The van der Waals surface area contributed by atoms with E-state index in [1.165, 1.54) is 6.07 Å². The van der Waals surface area contributed by atoms with Crippen LogP contribution in [0.1, 0.15) is 26.3 Å². The van der Waals surface area contributed by atoms with Crippen LogP contribution in [0.25, 0.3) is 0 Å². The highest BCUT2D eigenvalue weighted by Crippen LogP contribution is 2.23. The van der Waals surface area contributed by atoms with Gasteiger partial charge in [0.25, 0.3) is 5.69 Å². The van der Waals surface area contributed by atoms with Gasteiger partial charge >= 0.3 is 0 Å². The lowest BCUT2D eigenvalue weighted by atomic mass is 10.0. The van der Waals surface area contributed by atoms with E-state index >= 15 is 0 Å². The van der Waals surface area contributed by atoms with Crippen LogP contribution in [0.4, 0.5) is 11.4 Å². The SMILES string of the molecule is CC(C)C(C)N(C)Cc1cc([N+](=O)[O-])ccc1NN. The Bertz CT molecular complexity index is 448. The van der Waals surface area contributed by atoms with E-state index in [9.17, 15) is 10.1 Å². The van der Waals surface area contributed by atoms with Gasteiger partial charge < -0.3 is 5.43 Å². The fourth-order valence-electron chi connectivity index (χ4n) is 1.89. The molecule has 1 aromatic rings. The molecule has 1 rings (SSSR count). The van der Waals surface area contributed by atoms with Crippen LogP contribution in [-0.4, -0.2) is 22.9 Å². The molecule has 1 atom stereocenters. The molecule has 0 heterocycles. The Balaban J connectivity index is 2.97. The molecule has 6 nitrogen and oxygen atoms in total. The zero-order valence-corrected chi connectivity index (χ0v) is 11.9. The molecule has 0 bridgehead atoms. The van der Waals surface area contributed by atoms with Crippen molar-refractivity contribution < 1.29 is 4.92 Å². The number of nitrogen functional groups attached to an aromatic ring is 1. The second kappa shape index (κ2) is 6.49. The number of benzene rings is 1. The second-order valence-electron chi connectivity index (χ2n) is 5.14. The number of hydrogen-bond acceptors (Lipinski definition) is 5. The van der Waals surface area contributed by atoms with Gasteiger partial charge in [0.2, 0.25) is 0 Å². The Morgan fingerprint density at radius 2 is 2.05 bits per heavy atom. The Morgan fingerprint density at radius 3 is 2.53 bits per heavy atom. The van der Waals surface area contributed by atoms with E-state index < -0.39 is 4.92 Å². The Labute approximate surface area is 113 Å². The highest BCUT2D eigenvalue weighted by atomic mass is 16.6. The molecule has 0 saturated carbocycles. The third-order valence-corrected chi connectivity index (χ3v) is 3.53. The summed E-state index contributed by atoms with van der Waals surface area (Å²) in [5.74, 6) is 5.96.